The quantitative estimate of drug-likeness (QED) is 0.340. The predicted octanol–water partition coefficient (Wildman–Crippen LogP) is -1.30. The third-order valence-electron chi connectivity index (χ3n) is 1.13. The molecule has 10 heavy (non-hydrogen) atoms. The summed E-state index contributed by atoms with van der Waals surface area (Å²) in [6.07, 6.45) is -0.113. The van der Waals surface area contributed by atoms with E-state index in [4.69, 9.17) is 15.9 Å². The van der Waals surface area contributed by atoms with Crippen molar-refractivity contribution in [2.45, 2.75) is 19.1 Å². The molecule has 0 saturated carbocycles. The van der Waals surface area contributed by atoms with Crippen molar-refractivity contribution in [2.75, 3.05) is 0 Å². The summed E-state index contributed by atoms with van der Waals surface area (Å²) in [6.45, 7) is 1.42. The van der Waals surface area contributed by atoms with Crippen LogP contribution in [0.4, 0.5) is 0 Å². The van der Waals surface area contributed by atoms with E-state index in [-0.39, 0.29) is 6.42 Å². The van der Waals surface area contributed by atoms with E-state index < -0.39 is 17.5 Å². The zero-order chi connectivity index (χ0) is 8.36. The van der Waals surface area contributed by atoms with E-state index in [2.05, 4.69) is 0 Å². The van der Waals surface area contributed by atoms with Gasteiger partial charge < -0.3 is 10.2 Å². The van der Waals surface area contributed by atoms with Gasteiger partial charge in [-0.15, -0.1) is 0 Å². The van der Waals surface area contributed by atoms with Crippen molar-refractivity contribution < 1.29 is 19.8 Å². The van der Waals surface area contributed by atoms with Gasteiger partial charge in [-0.1, -0.05) is 6.92 Å². The molecule has 0 aromatic heterocycles. The van der Waals surface area contributed by atoms with E-state index in [1.54, 1.807) is 0 Å². The smallest absolute Gasteiger partial charge is 0.376 e. The molecule has 0 fully saturated rings. The highest BCUT2D eigenvalue weighted by Crippen LogP contribution is 2.01. The summed E-state index contributed by atoms with van der Waals surface area (Å²) >= 11 is 0. The van der Waals surface area contributed by atoms with E-state index in [0.29, 0.717) is 0 Å². The lowest BCUT2D eigenvalue weighted by molar-refractivity contribution is -0.158. The average Bonchev–Trinajstić information content (AvgIpc) is 1.86. The molecule has 0 aliphatic rings. The first-order valence-electron chi connectivity index (χ1n) is 2.70. The molecule has 1 unspecified atom stereocenters. The second-order valence-electron chi connectivity index (χ2n) is 1.91. The molecule has 4 N–H and O–H groups in total. The van der Waals surface area contributed by atoms with Crippen LogP contribution in [0.15, 0.2) is 0 Å². The molecule has 1 atom stereocenters. The van der Waals surface area contributed by atoms with Gasteiger partial charge in [0, 0.05) is 0 Å². The third-order valence-corrected chi connectivity index (χ3v) is 1.13. The number of carbonyl (C=O) groups excluding carboxylic acids is 1. The molecule has 0 amide bonds. The second-order valence-corrected chi connectivity index (χ2v) is 1.91. The monoisotopic (exact) mass is 147 g/mol. The maximum atomic E-state index is 10.4. The largest absolute Gasteiger partial charge is 0.475 e. The third kappa shape index (κ3) is 1.78. The lowest BCUT2D eigenvalue weighted by atomic mass is 10.1. The predicted molar refractivity (Wildman–Crippen MR) is 32.1 cm³/mol. The molecule has 5 nitrogen and oxygen atoms in total. The Morgan fingerprint density at radius 2 is 2.00 bits per heavy atom. The summed E-state index contributed by atoms with van der Waals surface area (Å²) in [5.74, 6) is -3.10. The van der Waals surface area contributed by atoms with Crippen LogP contribution in [0, 0.1) is 0 Å². The first kappa shape index (κ1) is 9.06. The van der Waals surface area contributed by atoms with Crippen LogP contribution in [0.5, 0.6) is 0 Å². The number of nitrogens with two attached hydrogens (primary N) is 1. The van der Waals surface area contributed by atoms with Crippen LogP contribution in [0.1, 0.15) is 13.3 Å². The zero-order valence-electron chi connectivity index (χ0n) is 5.50. The number of hydrogen-bond donors (Lipinski definition) is 3. The lowest BCUT2D eigenvalue weighted by Crippen LogP contribution is -2.50. The summed E-state index contributed by atoms with van der Waals surface area (Å²) in [7, 11) is 0. The molecule has 0 aliphatic heterocycles. The number of ketones is 1. The Kier molecular flexibility index (Phi) is 2.50. The van der Waals surface area contributed by atoms with Gasteiger partial charge in [0.15, 0.2) is 5.72 Å². The molecule has 0 rings (SSSR count). The standard InChI is InChI=1S/C5H9NO4/c1-2-5(6,10)3(7)4(8)9/h10H,2,6H2,1H3,(H,8,9). The van der Waals surface area contributed by atoms with E-state index >= 15 is 0 Å². The summed E-state index contributed by atoms with van der Waals surface area (Å²) in [5, 5.41) is 16.9. The Morgan fingerprint density at radius 1 is 1.60 bits per heavy atom. The fourth-order valence-electron chi connectivity index (χ4n) is 0.346. The molecule has 0 aromatic rings. The van der Waals surface area contributed by atoms with Crippen molar-refractivity contribution in [3.8, 4) is 0 Å². The van der Waals surface area contributed by atoms with Crippen molar-refractivity contribution in [1.29, 1.82) is 0 Å². The number of carboxylic acids is 1. The van der Waals surface area contributed by atoms with Gasteiger partial charge in [-0.05, 0) is 6.42 Å². The molecule has 0 aromatic carbocycles. The van der Waals surface area contributed by atoms with Crippen LogP contribution >= 0.6 is 0 Å². The minimum atomic E-state index is -2.22. The number of rotatable bonds is 3. The minimum absolute atomic E-state index is 0.113. The van der Waals surface area contributed by atoms with Crippen molar-refractivity contribution in [3.63, 3.8) is 0 Å². The normalized spacial score (nSPS) is 15.9. The van der Waals surface area contributed by atoms with Crippen molar-refractivity contribution in [3.05, 3.63) is 0 Å². The van der Waals surface area contributed by atoms with Gasteiger partial charge >= 0.3 is 5.97 Å². The van der Waals surface area contributed by atoms with Crippen LogP contribution in [0.3, 0.4) is 0 Å². The minimum Gasteiger partial charge on any atom is -0.475 e. The topological polar surface area (TPSA) is 101 Å². The molecule has 58 valence electrons. The molecule has 5 heteroatoms. The highest BCUT2D eigenvalue weighted by molar-refractivity contribution is 6.35. The van der Waals surface area contributed by atoms with E-state index in [1.807, 2.05) is 0 Å². The van der Waals surface area contributed by atoms with Crippen molar-refractivity contribution >= 4 is 11.8 Å². The molecule has 0 saturated heterocycles. The first-order chi connectivity index (χ1) is 4.41. The average molecular weight is 147 g/mol. The van der Waals surface area contributed by atoms with Crippen LogP contribution in [-0.2, 0) is 9.59 Å². The molecular formula is C5H9NO4. The molecule has 0 aliphatic carbocycles. The lowest BCUT2D eigenvalue weighted by Gasteiger charge is -2.15. The second kappa shape index (κ2) is 2.76. The number of carboxylic acid groups (broad SMARTS) is 1. The SMILES string of the molecule is CCC(N)(O)C(=O)C(=O)O. The summed E-state index contributed by atoms with van der Waals surface area (Å²) in [5.41, 5.74) is 2.67. The van der Waals surface area contributed by atoms with Gasteiger partial charge in [0.1, 0.15) is 0 Å². The zero-order valence-corrected chi connectivity index (χ0v) is 5.50. The van der Waals surface area contributed by atoms with Crippen LogP contribution in [-0.4, -0.2) is 27.7 Å². The first-order valence-corrected chi connectivity index (χ1v) is 2.70. The number of aliphatic hydroxyl groups is 1. The Morgan fingerprint density at radius 3 is 2.10 bits per heavy atom. The van der Waals surface area contributed by atoms with Gasteiger partial charge in [0.05, 0.1) is 0 Å². The molecule has 0 bridgehead atoms. The molecule has 0 spiro atoms. The van der Waals surface area contributed by atoms with Gasteiger partial charge in [-0.3, -0.25) is 10.5 Å². The van der Waals surface area contributed by atoms with Crippen molar-refractivity contribution in [1.82, 2.24) is 0 Å². The van der Waals surface area contributed by atoms with Gasteiger partial charge in [-0.2, -0.15) is 0 Å². The highest BCUT2D eigenvalue weighted by Gasteiger charge is 2.34. The van der Waals surface area contributed by atoms with Gasteiger partial charge in [-0.25, -0.2) is 4.79 Å². The number of Topliss-reactive ketones (excluding diaryl/α,β-unsaturated/α-hetero) is 1. The van der Waals surface area contributed by atoms with E-state index in [9.17, 15) is 9.59 Å². The van der Waals surface area contributed by atoms with E-state index in [1.165, 1.54) is 6.92 Å². The summed E-state index contributed by atoms with van der Waals surface area (Å²) < 4.78 is 0. The van der Waals surface area contributed by atoms with E-state index in [0.717, 1.165) is 0 Å². The number of aliphatic carboxylic acids is 1. The highest BCUT2D eigenvalue weighted by atomic mass is 16.4. The summed E-state index contributed by atoms with van der Waals surface area (Å²) in [6, 6.07) is 0. The molecule has 0 heterocycles. The van der Waals surface area contributed by atoms with Crippen LogP contribution in [0.2, 0.25) is 0 Å². The Bertz CT molecular complexity index is 163. The fraction of sp³-hybridized carbons (Fsp3) is 0.600. The Balaban J connectivity index is 4.33. The van der Waals surface area contributed by atoms with Gasteiger partial charge in [0.25, 0.3) is 5.78 Å². The Hall–Kier alpha value is -0.940. The Labute approximate surface area is 57.5 Å². The molecular weight excluding hydrogens is 138 g/mol. The van der Waals surface area contributed by atoms with Crippen LogP contribution in [0.25, 0.3) is 0 Å². The van der Waals surface area contributed by atoms with Gasteiger partial charge in [0.2, 0.25) is 0 Å². The maximum Gasteiger partial charge on any atom is 0.376 e. The van der Waals surface area contributed by atoms with Crippen molar-refractivity contribution in [2.24, 2.45) is 5.73 Å². The van der Waals surface area contributed by atoms with Crippen LogP contribution < -0.4 is 5.73 Å². The molecule has 0 radical (unpaired) electrons. The maximum absolute atomic E-state index is 10.4. The summed E-state index contributed by atoms with van der Waals surface area (Å²) in [4.78, 5) is 20.3. The number of hydrogen-bond acceptors (Lipinski definition) is 4. The number of carbonyl (C=O) groups is 2. The fourth-order valence-corrected chi connectivity index (χ4v) is 0.346.